The average Bonchev–Trinajstić information content (AvgIpc) is 2.48. The molecule has 0 radical (unpaired) electrons. The number of nitrogens with one attached hydrogen (secondary N) is 1. The van der Waals surface area contributed by atoms with E-state index in [1.54, 1.807) is 0 Å². The summed E-state index contributed by atoms with van der Waals surface area (Å²) in [7, 11) is 0. The van der Waals surface area contributed by atoms with E-state index in [2.05, 4.69) is 62.2 Å². The molecule has 0 atom stereocenters. The molecule has 1 aromatic rings. The van der Waals surface area contributed by atoms with Crippen LogP contribution in [0.25, 0.3) is 0 Å². The van der Waals surface area contributed by atoms with Gasteiger partial charge in [-0.25, -0.2) is 0 Å². The van der Waals surface area contributed by atoms with Gasteiger partial charge in [0.25, 0.3) is 0 Å². The summed E-state index contributed by atoms with van der Waals surface area (Å²) >= 11 is 0. The molecule has 1 aromatic carbocycles. The maximum atomic E-state index is 5.53. The Balaban J connectivity index is 2.18. The number of ether oxygens (including phenoxy) is 1. The molecule has 3 nitrogen and oxygen atoms in total. The minimum Gasteiger partial charge on any atom is -0.379 e. The predicted octanol–water partition coefficient (Wildman–Crippen LogP) is 3.83. The Hall–Kier alpha value is -1.06. The molecular formula is C18H32N2O. The molecule has 0 amide bonds. The zero-order valence-corrected chi connectivity index (χ0v) is 14.2. The molecule has 0 fully saturated rings. The van der Waals surface area contributed by atoms with Crippen LogP contribution in [0.4, 0.5) is 5.69 Å². The standard InChI is InChI=1S/C18H32N2O/c1-5-20(6-2)18-11-9-17(10-12-18)15-19-13-7-8-14-21-16(3)4/h9-12,16,19H,5-8,13-15H2,1-4H3. The molecule has 0 saturated carbocycles. The van der Waals surface area contributed by atoms with Crippen molar-refractivity contribution in [2.75, 3.05) is 31.1 Å². The zero-order valence-electron chi connectivity index (χ0n) is 14.2. The Morgan fingerprint density at radius 3 is 2.29 bits per heavy atom. The molecule has 120 valence electrons. The van der Waals surface area contributed by atoms with E-state index in [1.807, 2.05) is 0 Å². The summed E-state index contributed by atoms with van der Waals surface area (Å²) in [6, 6.07) is 8.89. The van der Waals surface area contributed by atoms with Gasteiger partial charge < -0.3 is 15.0 Å². The second kappa shape index (κ2) is 10.6. The highest BCUT2D eigenvalue weighted by Gasteiger charge is 2.01. The van der Waals surface area contributed by atoms with E-state index in [-0.39, 0.29) is 0 Å². The lowest BCUT2D eigenvalue weighted by Crippen LogP contribution is -2.21. The molecule has 0 aromatic heterocycles. The van der Waals surface area contributed by atoms with Gasteiger partial charge in [0.15, 0.2) is 0 Å². The van der Waals surface area contributed by atoms with Crippen LogP contribution < -0.4 is 10.2 Å². The summed E-state index contributed by atoms with van der Waals surface area (Å²) in [4.78, 5) is 2.37. The van der Waals surface area contributed by atoms with Gasteiger partial charge in [-0.05, 0) is 64.8 Å². The lowest BCUT2D eigenvalue weighted by Gasteiger charge is -2.21. The van der Waals surface area contributed by atoms with Crippen LogP contribution in [-0.4, -0.2) is 32.3 Å². The maximum Gasteiger partial charge on any atom is 0.0518 e. The predicted molar refractivity (Wildman–Crippen MR) is 92.0 cm³/mol. The largest absolute Gasteiger partial charge is 0.379 e. The fourth-order valence-corrected chi connectivity index (χ4v) is 2.32. The van der Waals surface area contributed by atoms with Gasteiger partial charge in [0.1, 0.15) is 0 Å². The number of hydrogen-bond acceptors (Lipinski definition) is 3. The molecule has 0 aliphatic carbocycles. The van der Waals surface area contributed by atoms with Crippen molar-refractivity contribution in [2.45, 2.75) is 53.2 Å². The summed E-state index contributed by atoms with van der Waals surface area (Å²) in [5.74, 6) is 0. The van der Waals surface area contributed by atoms with E-state index in [0.29, 0.717) is 6.10 Å². The molecule has 0 saturated heterocycles. The average molecular weight is 292 g/mol. The molecule has 0 heterocycles. The van der Waals surface area contributed by atoms with Gasteiger partial charge in [0.05, 0.1) is 6.10 Å². The van der Waals surface area contributed by atoms with Gasteiger partial charge in [-0.15, -0.1) is 0 Å². The number of benzene rings is 1. The lowest BCUT2D eigenvalue weighted by molar-refractivity contribution is 0.0760. The Bertz CT molecular complexity index is 358. The third kappa shape index (κ3) is 7.49. The summed E-state index contributed by atoms with van der Waals surface area (Å²) in [6.07, 6.45) is 2.65. The highest BCUT2D eigenvalue weighted by molar-refractivity contribution is 5.47. The van der Waals surface area contributed by atoms with Crippen molar-refractivity contribution in [3.05, 3.63) is 29.8 Å². The molecule has 0 unspecified atom stereocenters. The van der Waals surface area contributed by atoms with Gasteiger partial charge in [-0.2, -0.15) is 0 Å². The molecular weight excluding hydrogens is 260 g/mol. The minimum atomic E-state index is 0.349. The van der Waals surface area contributed by atoms with Crippen molar-refractivity contribution in [3.8, 4) is 0 Å². The first-order chi connectivity index (χ1) is 10.2. The summed E-state index contributed by atoms with van der Waals surface area (Å²) in [5.41, 5.74) is 2.67. The van der Waals surface area contributed by atoms with Gasteiger partial charge in [-0.1, -0.05) is 12.1 Å². The zero-order chi connectivity index (χ0) is 15.5. The van der Waals surface area contributed by atoms with E-state index in [0.717, 1.165) is 39.2 Å². The van der Waals surface area contributed by atoms with Crippen LogP contribution in [0.5, 0.6) is 0 Å². The third-order valence-corrected chi connectivity index (χ3v) is 3.59. The first-order valence-corrected chi connectivity index (χ1v) is 8.33. The first kappa shape index (κ1) is 18.0. The topological polar surface area (TPSA) is 24.5 Å². The van der Waals surface area contributed by atoms with Crippen LogP contribution in [-0.2, 0) is 11.3 Å². The van der Waals surface area contributed by atoms with Gasteiger partial charge in [0, 0.05) is 31.9 Å². The van der Waals surface area contributed by atoms with E-state index < -0.39 is 0 Å². The molecule has 1 N–H and O–H groups in total. The number of nitrogens with zero attached hydrogens (tertiary/aromatic N) is 1. The molecule has 1 rings (SSSR count). The van der Waals surface area contributed by atoms with Crippen molar-refractivity contribution < 1.29 is 4.74 Å². The maximum absolute atomic E-state index is 5.53. The second-order valence-corrected chi connectivity index (χ2v) is 5.64. The van der Waals surface area contributed by atoms with Crippen molar-refractivity contribution in [3.63, 3.8) is 0 Å². The van der Waals surface area contributed by atoms with Crippen molar-refractivity contribution >= 4 is 5.69 Å². The Kier molecular flexibility index (Phi) is 9.11. The quantitative estimate of drug-likeness (QED) is 0.627. The van der Waals surface area contributed by atoms with E-state index in [9.17, 15) is 0 Å². The van der Waals surface area contributed by atoms with E-state index in [1.165, 1.54) is 17.7 Å². The first-order valence-electron chi connectivity index (χ1n) is 8.33. The molecule has 0 bridgehead atoms. The van der Waals surface area contributed by atoms with Crippen LogP contribution >= 0.6 is 0 Å². The SMILES string of the molecule is CCN(CC)c1ccc(CNCCCCOC(C)C)cc1. The van der Waals surface area contributed by atoms with Gasteiger partial charge >= 0.3 is 0 Å². The monoisotopic (exact) mass is 292 g/mol. The number of hydrogen-bond donors (Lipinski definition) is 1. The summed E-state index contributed by atoms with van der Waals surface area (Å²) in [6.45, 7) is 13.6. The summed E-state index contributed by atoms with van der Waals surface area (Å²) in [5, 5.41) is 3.50. The normalized spacial score (nSPS) is 11.1. The van der Waals surface area contributed by atoms with Gasteiger partial charge in [0.2, 0.25) is 0 Å². The third-order valence-electron chi connectivity index (χ3n) is 3.59. The van der Waals surface area contributed by atoms with Crippen LogP contribution in [0.2, 0.25) is 0 Å². The second-order valence-electron chi connectivity index (χ2n) is 5.64. The molecule has 0 aliphatic heterocycles. The van der Waals surface area contributed by atoms with Gasteiger partial charge in [-0.3, -0.25) is 0 Å². The Morgan fingerprint density at radius 1 is 1.05 bits per heavy atom. The van der Waals surface area contributed by atoms with Crippen molar-refractivity contribution in [1.29, 1.82) is 0 Å². The van der Waals surface area contributed by atoms with Crippen molar-refractivity contribution in [1.82, 2.24) is 5.32 Å². The van der Waals surface area contributed by atoms with E-state index in [4.69, 9.17) is 4.74 Å². The highest BCUT2D eigenvalue weighted by atomic mass is 16.5. The lowest BCUT2D eigenvalue weighted by atomic mass is 10.2. The smallest absolute Gasteiger partial charge is 0.0518 e. The van der Waals surface area contributed by atoms with Crippen LogP contribution in [0.3, 0.4) is 0 Å². The Morgan fingerprint density at radius 2 is 1.71 bits per heavy atom. The number of anilines is 1. The fraction of sp³-hybridized carbons (Fsp3) is 0.667. The Labute approximate surface area is 130 Å². The molecule has 0 spiro atoms. The van der Waals surface area contributed by atoms with Crippen molar-refractivity contribution in [2.24, 2.45) is 0 Å². The molecule has 3 heteroatoms. The van der Waals surface area contributed by atoms with Crippen LogP contribution in [0.1, 0.15) is 46.1 Å². The fourth-order valence-electron chi connectivity index (χ4n) is 2.32. The molecule has 0 aliphatic rings. The summed E-state index contributed by atoms with van der Waals surface area (Å²) < 4.78 is 5.53. The highest BCUT2D eigenvalue weighted by Crippen LogP contribution is 2.14. The van der Waals surface area contributed by atoms with Crippen LogP contribution in [0, 0.1) is 0 Å². The van der Waals surface area contributed by atoms with Crippen LogP contribution in [0.15, 0.2) is 24.3 Å². The minimum absolute atomic E-state index is 0.349. The molecule has 21 heavy (non-hydrogen) atoms. The number of rotatable bonds is 11. The number of unbranched alkanes of at least 4 members (excludes halogenated alkanes) is 1. The van der Waals surface area contributed by atoms with E-state index >= 15 is 0 Å².